The topological polar surface area (TPSA) is 99.1 Å². The van der Waals surface area contributed by atoms with Crippen LogP contribution in [0, 0.1) is 0 Å². The zero-order valence-electron chi connectivity index (χ0n) is 9.68. The van der Waals surface area contributed by atoms with E-state index in [1.807, 2.05) is 12.3 Å². The van der Waals surface area contributed by atoms with Crippen LogP contribution < -0.4 is 22.5 Å². The summed E-state index contributed by atoms with van der Waals surface area (Å²) < 4.78 is 2.48. The van der Waals surface area contributed by atoms with E-state index in [-0.39, 0.29) is 13.0 Å². The summed E-state index contributed by atoms with van der Waals surface area (Å²) in [5.74, 6) is 4.51. The molecule has 3 N–H and O–H groups in total. The van der Waals surface area contributed by atoms with Crippen LogP contribution in [-0.2, 0) is 17.9 Å². The van der Waals surface area contributed by atoms with Crippen LogP contribution in [0.1, 0.15) is 19.8 Å². The van der Waals surface area contributed by atoms with E-state index in [4.69, 9.17) is 5.84 Å². The molecule has 0 radical (unpaired) electrons. The highest BCUT2D eigenvalue weighted by Crippen LogP contribution is 1.86. The largest absolute Gasteiger partial charge is 0.330 e. The van der Waals surface area contributed by atoms with Crippen LogP contribution in [0.5, 0.6) is 0 Å². The minimum atomic E-state index is -0.415. The number of hydrogen-bond acceptors (Lipinski definition) is 4. The molecule has 0 aliphatic heterocycles. The van der Waals surface area contributed by atoms with E-state index < -0.39 is 17.2 Å². The third-order valence-corrected chi connectivity index (χ3v) is 2.33. The Morgan fingerprint density at radius 2 is 2.12 bits per heavy atom. The number of amides is 1. The van der Waals surface area contributed by atoms with Crippen LogP contribution >= 0.6 is 0 Å². The Kier molecular flexibility index (Phi) is 4.65. The Balaban J connectivity index is 2.98. The lowest BCUT2D eigenvalue weighted by Gasteiger charge is -2.08. The summed E-state index contributed by atoms with van der Waals surface area (Å²) in [6.45, 7) is 2.51. The van der Waals surface area contributed by atoms with Crippen LogP contribution in [0.3, 0.4) is 0 Å². The fraction of sp³-hybridized carbons (Fsp3) is 0.500. The second-order valence-corrected chi connectivity index (χ2v) is 3.60. The van der Waals surface area contributed by atoms with E-state index in [0.29, 0.717) is 6.54 Å². The van der Waals surface area contributed by atoms with Gasteiger partial charge in [-0.25, -0.2) is 10.6 Å². The van der Waals surface area contributed by atoms with Gasteiger partial charge in [-0.05, 0) is 6.42 Å². The first kappa shape index (κ1) is 13.2. The highest BCUT2D eigenvalue weighted by atomic mass is 16.2. The standard InChI is InChI=1S/C10H16N4O3/c1-2-5-13-6-4-9(16)14(10(13)17)7-3-8(15)12-11/h4,6H,2-3,5,7,11H2,1H3,(H,12,15). The fourth-order valence-corrected chi connectivity index (χ4v) is 1.46. The predicted octanol–water partition coefficient (Wildman–Crippen LogP) is -1.20. The van der Waals surface area contributed by atoms with Crippen LogP contribution in [0.2, 0.25) is 0 Å². The Morgan fingerprint density at radius 1 is 1.41 bits per heavy atom. The van der Waals surface area contributed by atoms with Gasteiger partial charge in [0.15, 0.2) is 0 Å². The molecule has 0 aliphatic carbocycles. The average Bonchev–Trinajstić information content (AvgIpc) is 2.32. The van der Waals surface area contributed by atoms with E-state index in [2.05, 4.69) is 0 Å². The molecule has 0 atom stereocenters. The molecule has 94 valence electrons. The van der Waals surface area contributed by atoms with Gasteiger partial charge >= 0.3 is 5.69 Å². The molecule has 0 unspecified atom stereocenters. The molecule has 1 amide bonds. The van der Waals surface area contributed by atoms with Gasteiger partial charge in [0.25, 0.3) is 5.56 Å². The molecule has 7 heteroatoms. The number of carbonyl (C=O) groups is 1. The van der Waals surface area contributed by atoms with Crippen molar-refractivity contribution in [3.63, 3.8) is 0 Å². The number of aryl methyl sites for hydroxylation is 1. The van der Waals surface area contributed by atoms with Crippen molar-refractivity contribution in [3.8, 4) is 0 Å². The Bertz CT molecular complexity index is 503. The molecule has 0 spiro atoms. The third kappa shape index (κ3) is 3.28. The predicted molar refractivity (Wildman–Crippen MR) is 62.2 cm³/mol. The van der Waals surface area contributed by atoms with E-state index in [9.17, 15) is 14.4 Å². The highest BCUT2D eigenvalue weighted by molar-refractivity contribution is 5.74. The van der Waals surface area contributed by atoms with Crippen molar-refractivity contribution in [2.24, 2.45) is 5.84 Å². The lowest BCUT2D eigenvalue weighted by molar-refractivity contribution is -0.121. The first-order valence-corrected chi connectivity index (χ1v) is 5.40. The summed E-state index contributed by atoms with van der Waals surface area (Å²) >= 11 is 0. The summed E-state index contributed by atoms with van der Waals surface area (Å²) in [5, 5.41) is 0. The molecule has 1 heterocycles. The van der Waals surface area contributed by atoms with E-state index in [1.54, 1.807) is 0 Å². The lowest BCUT2D eigenvalue weighted by atomic mass is 10.4. The monoisotopic (exact) mass is 240 g/mol. The Labute approximate surface area is 97.8 Å². The number of nitrogens with one attached hydrogen (secondary N) is 1. The number of hydrogen-bond donors (Lipinski definition) is 2. The van der Waals surface area contributed by atoms with Crippen LogP contribution in [0.4, 0.5) is 0 Å². The van der Waals surface area contributed by atoms with E-state index in [0.717, 1.165) is 11.0 Å². The quantitative estimate of drug-likeness (QED) is 0.383. The number of aromatic nitrogens is 2. The summed E-state index contributed by atoms with van der Waals surface area (Å²) in [7, 11) is 0. The van der Waals surface area contributed by atoms with Crippen molar-refractivity contribution in [2.45, 2.75) is 32.9 Å². The van der Waals surface area contributed by atoms with E-state index >= 15 is 0 Å². The minimum absolute atomic E-state index is 0.00177. The average molecular weight is 240 g/mol. The van der Waals surface area contributed by atoms with Gasteiger partial charge in [0.2, 0.25) is 5.91 Å². The first-order chi connectivity index (χ1) is 8.10. The molecule has 0 aliphatic rings. The zero-order valence-corrected chi connectivity index (χ0v) is 9.68. The molecular formula is C10H16N4O3. The minimum Gasteiger partial charge on any atom is -0.300 e. The number of nitrogens with zero attached hydrogens (tertiary/aromatic N) is 2. The van der Waals surface area contributed by atoms with Gasteiger partial charge in [-0.2, -0.15) is 0 Å². The molecule has 0 saturated carbocycles. The van der Waals surface area contributed by atoms with Crippen molar-refractivity contribution in [3.05, 3.63) is 33.1 Å². The van der Waals surface area contributed by atoms with Gasteiger partial charge in [0, 0.05) is 31.8 Å². The molecule has 1 aromatic rings. The normalized spacial score (nSPS) is 10.2. The summed E-state index contributed by atoms with van der Waals surface area (Å²) in [6.07, 6.45) is 2.26. The molecule has 0 aromatic carbocycles. The molecule has 7 nitrogen and oxygen atoms in total. The molecule has 1 aromatic heterocycles. The lowest BCUT2D eigenvalue weighted by Crippen LogP contribution is -2.40. The van der Waals surface area contributed by atoms with Crippen LogP contribution in [-0.4, -0.2) is 15.0 Å². The van der Waals surface area contributed by atoms with Crippen molar-refractivity contribution in [1.29, 1.82) is 0 Å². The Hall–Kier alpha value is -1.89. The number of hydrazine groups is 1. The van der Waals surface area contributed by atoms with Crippen LogP contribution in [0.15, 0.2) is 21.9 Å². The van der Waals surface area contributed by atoms with Crippen molar-refractivity contribution >= 4 is 5.91 Å². The molecule has 17 heavy (non-hydrogen) atoms. The molecule has 1 rings (SSSR count). The highest BCUT2D eigenvalue weighted by Gasteiger charge is 2.06. The Morgan fingerprint density at radius 3 is 2.71 bits per heavy atom. The number of nitrogens with two attached hydrogens (primary N) is 1. The summed E-state index contributed by atoms with van der Waals surface area (Å²) in [4.78, 5) is 34.3. The molecule has 0 bridgehead atoms. The zero-order chi connectivity index (χ0) is 12.8. The number of carbonyl (C=O) groups excluding carboxylic acids is 1. The van der Waals surface area contributed by atoms with Gasteiger partial charge in [-0.3, -0.25) is 19.6 Å². The maximum Gasteiger partial charge on any atom is 0.330 e. The van der Waals surface area contributed by atoms with E-state index in [1.165, 1.54) is 16.8 Å². The van der Waals surface area contributed by atoms with Crippen molar-refractivity contribution in [2.75, 3.05) is 0 Å². The van der Waals surface area contributed by atoms with Gasteiger partial charge in [0.05, 0.1) is 0 Å². The van der Waals surface area contributed by atoms with Gasteiger partial charge in [0.1, 0.15) is 0 Å². The second kappa shape index (κ2) is 6.00. The molecule has 0 fully saturated rings. The molecular weight excluding hydrogens is 224 g/mol. The summed E-state index contributed by atoms with van der Waals surface area (Å²) in [5.41, 5.74) is 1.14. The maximum atomic E-state index is 11.8. The van der Waals surface area contributed by atoms with Crippen LogP contribution in [0.25, 0.3) is 0 Å². The van der Waals surface area contributed by atoms with Crippen molar-refractivity contribution in [1.82, 2.24) is 14.6 Å². The van der Waals surface area contributed by atoms with Gasteiger partial charge in [-0.1, -0.05) is 6.92 Å². The number of rotatable bonds is 5. The molecule has 0 saturated heterocycles. The second-order valence-electron chi connectivity index (χ2n) is 3.60. The first-order valence-electron chi connectivity index (χ1n) is 5.40. The third-order valence-electron chi connectivity index (χ3n) is 2.33. The summed E-state index contributed by atoms with van der Waals surface area (Å²) in [6, 6.07) is 1.32. The van der Waals surface area contributed by atoms with Gasteiger partial charge < -0.3 is 4.57 Å². The van der Waals surface area contributed by atoms with Gasteiger partial charge in [-0.15, -0.1) is 0 Å². The smallest absolute Gasteiger partial charge is 0.300 e. The maximum absolute atomic E-state index is 11.8. The fourth-order valence-electron chi connectivity index (χ4n) is 1.46. The SMILES string of the molecule is CCCn1ccc(=O)n(CCC(=O)NN)c1=O. The van der Waals surface area contributed by atoms with Crippen molar-refractivity contribution < 1.29 is 4.79 Å².